The molecule has 2 atom stereocenters. The lowest BCUT2D eigenvalue weighted by atomic mass is 9.89. The highest BCUT2D eigenvalue weighted by molar-refractivity contribution is 7.26. The fourth-order valence-electron chi connectivity index (χ4n) is 8.31. The molecule has 0 amide bonds. The Hall–Kier alpha value is -5.68. The van der Waals surface area contributed by atoms with E-state index in [0.29, 0.717) is 0 Å². The lowest BCUT2D eigenvalue weighted by Gasteiger charge is -2.33. The molecule has 0 bridgehead atoms. The summed E-state index contributed by atoms with van der Waals surface area (Å²) in [7, 11) is 0. The van der Waals surface area contributed by atoms with Crippen LogP contribution in [0.15, 0.2) is 176 Å². The molecule has 7 aromatic carbocycles. The summed E-state index contributed by atoms with van der Waals surface area (Å²) in [5.74, 6) is 0.177. The van der Waals surface area contributed by atoms with Gasteiger partial charge in [0.15, 0.2) is 0 Å². The van der Waals surface area contributed by atoms with E-state index in [1.807, 2.05) is 22.7 Å². The first-order valence-corrected chi connectivity index (χ1v) is 18.8. The maximum absolute atomic E-state index is 2.55. The van der Waals surface area contributed by atoms with Crippen molar-refractivity contribution in [1.29, 1.82) is 0 Å². The number of nitrogens with zero attached hydrogens (tertiary/aromatic N) is 2. The summed E-state index contributed by atoms with van der Waals surface area (Å²) in [6, 6.07) is 56.0. The molecule has 0 saturated heterocycles. The summed E-state index contributed by atoms with van der Waals surface area (Å²) in [6.45, 7) is 0. The Morgan fingerprint density at radius 3 is 2.06 bits per heavy atom. The SMILES string of the molecule is C1=CC2C(C=C1N(c1ccc3ccccc3c1)c1ccc3sc4ccccc4c3c1)c1c(ccc3c1sc1ccccc13)N2c1ccccc1. The molecule has 2 nitrogen and oxygen atoms in total. The van der Waals surface area contributed by atoms with Gasteiger partial charge < -0.3 is 9.80 Å². The number of allylic oxidation sites excluding steroid dienone is 1. The highest BCUT2D eigenvalue weighted by Gasteiger charge is 2.41. The van der Waals surface area contributed by atoms with Gasteiger partial charge in [-0.3, -0.25) is 0 Å². The molecule has 2 unspecified atom stereocenters. The molecule has 236 valence electrons. The molecule has 0 spiro atoms. The number of rotatable bonds is 4. The van der Waals surface area contributed by atoms with E-state index in [0.717, 1.165) is 5.69 Å². The van der Waals surface area contributed by atoms with Crippen molar-refractivity contribution in [2.45, 2.75) is 12.0 Å². The molecule has 3 heterocycles. The Morgan fingerprint density at radius 2 is 1.20 bits per heavy atom. The van der Waals surface area contributed by atoms with Gasteiger partial charge in [0.1, 0.15) is 0 Å². The van der Waals surface area contributed by atoms with Gasteiger partial charge in [0.05, 0.1) is 6.04 Å². The van der Waals surface area contributed by atoms with Crippen LogP contribution in [-0.2, 0) is 0 Å². The molecule has 2 aromatic heterocycles. The molecule has 9 aromatic rings. The van der Waals surface area contributed by atoms with Gasteiger partial charge in [0.25, 0.3) is 0 Å². The van der Waals surface area contributed by atoms with Gasteiger partial charge in [0.2, 0.25) is 0 Å². The van der Waals surface area contributed by atoms with Crippen LogP contribution in [0.25, 0.3) is 51.1 Å². The minimum Gasteiger partial charge on any atom is -0.333 e. The van der Waals surface area contributed by atoms with Crippen LogP contribution in [0.5, 0.6) is 0 Å². The van der Waals surface area contributed by atoms with Crippen LogP contribution in [0.1, 0.15) is 11.5 Å². The lowest BCUT2D eigenvalue weighted by molar-refractivity contribution is 0.739. The van der Waals surface area contributed by atoms with Crippen molar-refractivity contribution >= 4 is 96.5 Å². The zero-order valence-corrected chi connectivity index (χ0v) is 28.7. The average molecular weight is 675 g/mol. The van der Waals surface area contributed by atoms with Crippen LogP contribution < -0.4 is 9.80 Å². The normalized spacial score (nSPS) is 16.8. The molecule has 0 fully saturated rings. The van der Waals surface area contributed by atoms with Crippen molar-refractivity contribution in [3.05, 3.63) is 181 Å². The fraction of sp³-hybridized carbons (Fsp3) is 0.0435. The van der Waals surface area contributed by atoms with Crippen LogP contribution in [0.2, 0.25) is 0 Å². The van der Waals surface area contributed by atoms with Gasteiger partial charge in [-0.25, -0.2) is 0 Å². The number of hydrogen-bond acceptors (Lipinski definition) is 4. The first kappa shape index (κ1) is 28.2. The van der Waals surface area contributed by atoms with Crippen LogP contribution in [-0.4, -0.2) is 6.04 Å². The molecular formula is C46H30N2S2. The van der Waals surface area contributed by atoms with Crippen LogP contribution in [0, 0.1) is 0 Å². The van der Waals surface area contributed by atoms with Crippen molar-refractivity contribution in [1.82, 2.24) is 0 Å². The van der Waals surface area contributed by atoms with E-state index in [1.54, 1.807) is 0 Å². The van der Waals surface area contributed by atoms with E-state index in [4.69, 9.17) is 0 Å². The predicted octanol–water partition coefficient (Wildman–Crippen LogP) is 13.5. The van der Waals surface area contributed by atoms with Crippen molar-refractivity contribution < 1.29 is 0 Å². The summed E-state index contributed by atoms with van der Waals surface area (Å²) >= 11 is 3.80. The van der Waals surface area contributed by atoms with E-state index in [1.165, 1.54) is 79.4 Å². The average Bonchev–Trinajstić information content (AvgIpc) is 3.84. The molecule has 1 aliphatic carbocycles. The van der Waals surface area contributed by atoms with Crippen LogP contribution in [0.3, 0.4) is 0 Å². The number of thiophene rings is 2. The van der Waals surface area contributed by atoms with Crippen molar-refractivity contribution in [3.8, 4) is 0 Å². The Balaban J connectivity index is 1.14. The number of para-hydroxylation sites is 1. The molecular weight excluding hydrogens is 645 g/mol. The van der Waals surface area contributed by atoms with Gasteiger partial charge in [-0.15, -0.1) is 22.7 Å². The number of benzene rings is 7. The molecule has 2 aliphatic rings. The maximum atomic E-state index is 2.55. The van der Waals surface area contributed by atoms with Crippen molar-refractivity contribution in [3.63, 3.8) is 0 Å². The smallest absolute Gasteiger partial charge is 0.0631 e. The second-order valence-corrected chi connectivity index (χ2v) is 15.4. The Bertz CT molecular complexity index is 2860. The third-order valence-electron chi connectivity index (χ3n) is 10.5. The first-order valence-electron chi connectivity index (χ1n) is 17.2. The standard InChI is InChI=1S/C46H30N2S2/c1-2-12-31(13-3-1)48-40-23-20-33(28-39(40)45-41(48)24-22-37-35-14-6-9-17-43(35)50-46(37)45)47(32-19-18-29-10-4-5-11-30(29)26-32)34-21-25-44-38(27-34)36-15-7-8-16-42(36)49-44/h1-28,39-40H. The number of fused-ring (bicyclic) bond motifs is 11. The van der Waals surface area contributed by atoms with Crippen LogP contribution >= 0.6 is 22.7 Å². The van der Waals surface area contributed by atoms with E-state index in [2.05, 4.69) is 180 Å². The molecule has 0 saturated carbocycles. The highest BCUT2D eigenvalue weighted by atomic mass is 32.1. The zero-order valence-electron chi connectivity index (χ0n) is 27.0. The van der Waals surface area contributed by atoms with E-state index in [-0.39, 0.29) is 12.0 Å². The van der Waals surface area contributed by atoms with E-state index >= 15 is 0 Å². The molecule has 11 rings (SSSR count). The molecule has 50 heavy (non-hydrogen) atoms. The Labute approximate surface area is 298 Å². The summed E-state index contributed by atoms with van der Waals surface area (Å²) in [6.07, 6.45) is 7.34. The zero-order chi connectivity index (χ0) is 32.8. The van der Waals surface area contributed by atoms with E-state index in [9.17, 15) is 0 Å². The second-order valence-electron chi connectivity index (χ2n) is 13.3. The number of anilines is 4. The van der Waals surface area contributed by atoms with Gasteiger partial charge in [-0.05, 0) is 77.5 Å². The van der Waals surface area contributed by atoms with Crippen molar-refractivity contribution in [2.75, 3.05) is 9.80 Å². The highest BCUT2D eigenvalue weighted by Crippen LogP contribution is 2.54. The largest absolute Gasteiger partial charge is 0.333 e. The fourth-order valence-corrected chi connectivity index (χ4v) is 10.7. The quantitative estimate of drug-likeness (QED) is 0.183. The Morgan fingerprint density at radius 1 is 0.520 bits per heavy atom. The monoisotopic (exact) mass is 674 g/mol. The summed E-state index contributed by atoms with van der Waals surface area (Å²) in [5, 5.41) is 7.80. The van der Waals surface area contributed by atoms with E-state index < -0.39 is 0 Å². The summed E-state index contributed by atoms with van der Waals surface area (Å²) in [5.41, 5.74) is 7.48. The molecule has 0 radical (unpaired) electrons. The Kier molecular flexibility index (Phi) is 6.15. The molecule has 4 heteroatoms. The topological polar surface area (TPSA) is 6.48 Å². The minimum atomic E-state index is 0.175. The first-order chi connectivity index (χ1) is 24.8. The van der Waals surface area contributed by atoms with Crippen LogP contribution in [0.4, 0.5) is 22.7 Å². The van der Waals surface area contributed by atoms with Gasteiger partial charge in [-0.2, -0.15) is 0 Å². The maximum Gasteiger partial charge on any atom is 0.0631 e. The predicted molar refractivity (Wildman–Crippen MR) is 217 cm³/mol. The summed E-state index contributed by atoms with van der Waals surface area (Å²) in [4.78, 5) is 5.03. The number of hydrogen-bond donors (Lipinski definition) is 0. The third-order valence-corrected chi connectivity index (χ3v) is 12.9. The van der Waals surface area contributed by atoms with Gasteiger partial charge >= 0.3 is 0 Å². The van der Waals surface area contributed by atoms with Gasteiger partial charge in [-0.1, -0.05) is 103 Å². The third kappa shape index (κ3) is 4.19. The van der Waals surface area contributed by atoms with Crippen molar-refractivity contribution in [2.24, 2.45) is 0 Å². The minimum absolute atomic E-state index is 0.175. The second kappa shape index (κ2) is 10.9. The molecule has 1 aliphatic heterocycles. The lowest BCUT2D eigenvalue weighted by Crippen LogP contribution is -2.30. The van der Waals surface area contributed by atoms with Gasteiger partial charge in [0, 0.05) is 80.3 Å². The molecule has 0 N–H and O–H groups in total. The summed E-state index contributed by atoms with van der Waals surface area (Å²) < 4.78 is 5.38.